The average Bonchev–Trinajstić information content (AvgIpc) is 3.02. The molecule has 0 unspecified atom stereocenters. The molecule has 1 amide bonds. The molecule has 0 bridgehead atoms. The van der Waals surface area contributed by atoms with Crippen molar-refractivity contribution >= 4 is 17.5 Å². The van der Waals surface area contributed by atoms with Crippen molar-refractivity contribution in [3.8, 4) is 0 Å². The zero-order valence-corrected chi connectivity index (χ0v) is 15.9. The molecule has 0 aromatic carbocycles. The molecule has 0 aliphatic carbocycles. The Labute approximate surface area is 155 Å². The lowest BCUT2D eigenvalue weighted by atomic mass is 9.73. The second-order valence-electron chi connectivity index (χ2n) is 7.46. The first-order chi connectivity index (χ1) is 12.1. The average molecular weight is 369 g/mol. The number of hydrogen-bond acceptors (Lipinski definition) is 4. The van der Waals surface area contributed by atoms with Crippen LogP contribution in [-0.2, 0) is 16.1 Å². The smallest absolute Gasteiger partial charge is 0.222 e. The molecule has 2 aliphatic heterocycles. The van der Waals surface area contributed by atoms with E-state index in [4.69, 9.17) is 16.3 Å². The van der Waals surface area contributed by atoms with Gasteiger partial charge in [0, 0.05) is 57.9 Å². The van der Waals surface area contributed by atoms with E-state index in [2.05, 4.69) is 14.9 Å². The molecule has 25 heavy (non-hydrogen) atoms. The number of carbonyl (C=O) groups is 1. The first-order valence-corrected chi connectivity index (χ1v) is 9.65. The molecular formula is C18H29ClN4O2. The summed E-state index contributed by atoms with van der Waals surface area (Å²) in [5.74, 6) is 0.310. The summed E-state index contributed by atoms with van der Waals surface area (Å²) in [4.78, 5) is 16.9. The molecule has 2 saturated heterocycles. The number of likely N-dealkylation sites (tertiary alicyclic amines) is 2. The van der Waals surface area contributed by atoms with Crippen molar-refractivity contribution in [1.29, 1.82) is 0 Å². The molecule has 0 saturated carbocycles. The van der Waals surface area contributed by atoms with Crippen LogP contribution in [0.2, 0.25) is 5.02 Å². The molecule has 1 spiro atoms. The fourth-order valence-electron chi connectivity index (χ4n) is 4.24. The number of ether oxygens (including phenoxy) is 1. The SMILES string of the molecule is COCCCN1C[C@]2(CCCN(CCn3cc(Cl)cn3)C2)CCC1=O. The number of nitrogens with zero attached hydrogens (tertiary/aromatic N) is 4. The third kappa shape index (κ3) is 4.96. The Morgan fingerprint density at radius 1 is 1.28 bits per heavy atom. The van der Waals surface area contributed by atoms with Crippen LogP contribution >= 0.6 is 11.6 Å². The van der Waals surface area contributed by atoms with Crippen molar-refractivity contribution in [3.05, 3.63) is 17.4 Å². The van der Waals surface area contributed by atoms with Gasteiger partial charge in [-0.05, 0) is 32.2 Å². The first kappa shape index (κ1) is 18.7. The molecular weight excluding hydrogens is 340 g/mol. The number of aromatic nitrogens is 2. The summed E-state index contributed by atoms with van der Waals surface area (Å²) in [6.07, 6.45) is 8.63. The topological polar surface area (TPSA) is 50.6 Å². The van der Waals surface area contributed by atoms with E-state index in [1.54, 1.807) is 13.3 Å². The molecule has 0 radical (unpaired) electrons. The van der Waals surface area contributed by atoms with Gasteiger partial charge in [0.1, 0.15) is 0 Å². The third-order valence-corrected chi connectivity index (χ3v) is 5.71. The van der Waals surface area contributed by atoms with Gasteiger partial charge in [0.2, 0.25) is 5.91 Å². The summed E-state index contributed by atoms with van der Waals surface area (Å²) < 4.78 is 7.04. The van der Waals surface area contributed by atoms with Crippen molar-refractivity contribution < 1.29 is 9.53 Å². The van der Waals surface area contributed by atoms with Gasteiger partial charge in [-0.3, -0.25) is 9.48 Å². The van der Waals surface area contributed by atoms with Crippen molar-refractivity contribution in [3.63, 3.8) is 0 Å². The monoisotopic (exact) mass is 368 g/mol. The van der Waals surface area contributed by atoms with Crippen molar-refractivity contribution in [2.75, 3.05) is 46.4 Å². The van der Waals surface area contributed by atoms with Gasteiger partial charge in [0.25, 0.3) is 0 Å². The Morgan fingerprint density at radius 3 is 2.92 bits per heavy atom. The second-order valence-corrected chi connectivity index (χ2v) is 7.90. The maximum Gasteiger partial charge on any atom is 0.222 e. The Morgan fingerprint density at radius 2 is 2.16 bits per heavy atom. The number of amides is 1. The summed E-state index contributed by atoms with van der Waals surface area (Å²) in [7, 11) is 1.71. The van der Waals surface area contributed by atoms with Gasteiger partial charge in [0.15, 0.2) is 0 Å². The zero-order chi connectivity index (χ0) is 17.7. The van der Waals surface area contributed by atoms with Crippen LogP contribution in [0.3, 0.4) is 0 Å². The molecule has 3 rings (SSSR count). The highest BCUT2D eigenvalue weighted by Gasteiger charge is 2.41. The molecule has 7 heteroatoms. The highest BCUT2D eigenvalue weighted by Crippen LogP contribution is 2.38. The van der Waals surface area contributed by atoms with E-state index in [9.17, 15) is 4.79 Å². The summed E-state index contributed by atoms with van der Waals surface area (Å²) >= 11 is 5.94. The van der Waals surface area contributed by atoms with Gasteiger partial charge >= 0.3 is 0 Å². The number of rotatable bonds is 7. The van der Waals surface area contributed by atoms with Crippen LogP contribution in [0.5, 0.6) is 0 Å². The Kier molecular flexibility index (Phi) is 6.36. The predicted molar refractivity (Wildman–Crippen MR) is 97.7 cm³/mol. The van der Waals surface area contributed by atoms with Crippen LogP contribution in [-0.4, -0.2) is 71.9 Å². The van der Waals surface area contributed by atoms with Gasteiger partial charge < -0.3 is 14.5 Å². The quantitative estimate of drug-likeness (QED) is 0.693. The van der Waals surface area contributed by atoms with E-state index in [0.29, 0.717) is 17.4 Å². The number of piperidine rings is 2. The lowest BCUT2D eigenvalue weighted by molar-refractivity contribution is -0.139. The lowest BCUT2D eigenvalue weighted by Gasteiger charge is -2.48. The molecule has 2 fully saturated rings. The second kappa shape index (κ2) is 8.52. The molecule has 1 aromatic rings. The van der Waals surface area contributed by atoms with Gasteiger partial charge in [-0.25, -0.2) is 0 Å². The molecule has 6 nitrogen and oxygen atoms in total. The largest absolute Gasteiger partial charge is 0.385 e. The highest BCUT2D eigenvalue weighted by atomic mass is 35.5. The molecule has 2 aliphatic rings. The summed E-state index contributed by atoms with van der Waals surface area (Å²) in [6, 6.07) is 0. The van der Waals surface area contributed by atoms with Crippen molar-refractivity contribution in [2.24, 2.45) is 5.41 Å². The summed E-state index contributed by atoms with van der Waals surface area (Å²) in [6.45, 7) is 6.50. The minimum Gasteiger partial charge on any atom is -0.385 e. The van der Waals surface area contributed by atoms with E-state index >= 15 is 0 Å². The Balaban J connectivity index is 1.54. The number of carbonyl (C=O) groups excluding carboxylic acids is 1. The van der Waals surface area contributed by atoms with Gasteiger partial charge in [-0.1, -0.05) is 11.6 Å². The number of methoxy groups -OCH3 is 1. The predicted octanol–water partition coefficient (Wildman–Crippen LogP) is 2.28. The normalized spacial score (nSPS) is 25.0. The standard InChI is InChI=1S/C18H29ClN4O2/c1-25-11-3-8-22-15-18(6-4-17(22)24)5-2-7-21(14-18)9-10-23-13-16(19)12-20-23/h12-13H,2-11,14-15H2,1H3/t18-/m1/s1. The maximum absolute atomic E-state index is 12.3. The highest BCUT2D eigenvalue weighted by molar-refractivity contribution is 6.30. The van der Waals surface area contributed by atoms with Crippen LogP contribution in [0.1, 0.15) is 32.1 Å². The van der Waals surface area contributed by atoms with Crippen LogP contribution in [0.15, 0.2) is 12.4 Å². The van der Waals surface area contributed by atoms with Crippen LogP contribution in [0, 0.1) is 5.41 Å². The Hall–Kier alpha value is -1.11. The van der Waals surface area contributed by atoms with Crippen LogP contribution < -0.4 is 0 Å². The summed E-state index contributed by atoms with van der Waals surface area (Å²) in [5.41, 5.74) is 0.265. The van der Waals surface area contributed by atoms with E-state index < -0.39 is 0 Å². The third-order valence-electron chi connectivity index (χ3n) is 5.51. The van der Waals surface area contributed by atoms with E-state index in [0.717, 1.165) is 58.7 Å². The first-order valence-electron chi connectivity index (χ1n) is 9.27. The zero-order valence-electron chi connectivity index (χ0n) is 15.1. The van der Waals surface area contributed by atoms with Gasteiger partial charge in [0.05, 0.1) is 17.8 Å². The van der Waals surface area contributed by atoms with Crippen LogP contribution in [0.25, 0.3) is 0 Å². The molecule has 140 valence electrons. The molecule has 1 aromatic heterocycles. The molecule has 0 N–H and O–H groups in total. The number of hydrogen-bond donors (Lipinski definition) is 0. The van der Waals surface area contributed by atoms with Gasteiger partial charge in [-0.15, -0.1) is 0 Å². The molecule has 1 atom stereocenters. The molecule has 3 heterocycles. The van der Waals surface area contributed by atoms with E-state index in [-0.39, 0.29) is 5.41 Å². The lowest BCUT2D eigenvalue weighted by Crippen LogP contribution is -2.54. The minimum atomic E-state index is 0.265. The van der Waals surface area contributed by atoms with E-state index in [1.807, 2.05) is 10.9 Å². The fraction of sp³-hybridized carbons (Fsp3) is 0.778. The minimum absolute atomic E-state index is 0.265. The maximum atomic E-state index is 12.3. The van der Waals surface area contributed by atoms with E-state index in [1.165, 1.54) is 12.8 Å². The number of halogens is 1. The van der Waals surface area contributed by atoms with Crippen molar-refractivity contribution in [2.45, 2.75) is 38.6 Å². The summed E-state index contributed by atoms with van der Waals surface area (Å²) in [5, 5.41) is 4.95. The van der Waals surface area contributed by atoms with Gasteiger partial charge in [-0.2, -0.15) is 5.10 Å². The van der Waals surface area contributed by atoms with Crippen LogP contribution in [0.4, 0.5) is 0 Å². The Bertz CT molecular complexity index is 579. The fourth-order valence-corrected chi connectivity index (χ4v) is 4.40. The van der Waals surface area contributed by atoms with Crippen molar-refractivity contribution in [1.82, 2.24) is 19.6 Å².